The molecule has 1 aromatic carbocycles. The number of halogens is 1. The molecule has 0 saturated carbocycles. The summed E-state index contributed by atoms with van der Waals surface area (Å²) in [5.74, 6) is 1.06. The second-order valence-corrected chi connectivity index (χ2v) is 7.88. The van der Waals surface area contributed by atoms with Gasteiger partial charge < -0.3 is 9.84 Å². The lowest BCUT2D eigenvalue weighted by atomic mass is 9.93. The zero-order valence-electron chi connectivity index (χ0n) is 13.0. The number of amides is 1. The van der Waals surface area contributed by atoms with Crippen LogP contribution in [0.2, 0.25) is 5.02 Å². The van der Waals surface area contributed by atoms with Crippen molar-refractivity contribution in [1.29, 1.82) is 0 Å². The molecule has 4 nitrogen and oxygen atoms in total. The summed E-state index contributed by atoms with van der Waals surface area (Å²) in [6.07, 6.45) is 0. The van der Waals surface area contributed by atoms with Crippen molar-refractivity contribution in [3.05, 3.63) is 41.1 Å². The van der Waals surface area contributed by atoms with E-state index < -0.39 is 0 Å². The van der Waals surface area contributed by atoms with E-state index in [0.29, 0.717) is 10.8 Å². The fourth-order valence-electron chi connectivity index (χ4n) is 1.69. The molecule has 118 valence electrons. The van der Waals surface area contributed by atoms with Crippen molar-refractivity contribution in [3.8, 4) is 0 Å². The molecule has 1 heterocycles. The van der Waals surface area contributed by atoms with Gasteiger partial charge in [-0.25, -0.2) is 0 Å². The summed E-state index contributed by atoms with van der Waals surface area (Å²) < 4.78 is 5.25. The third-order valence-electron chi connectivity index (χ3n) is 3.00. The molecular formula is C16H19ClN2O2S. The number of anilines is 1. The standard InChI is InChI=1S/C16H19ClN2O2S/c1-10(22-12-7-5-11(17)6-8-12)15(20)18-14-9-13(21-19-14)16(2,3)4/h5-10H,1-4H3,(H,18,19,20). The average molecular weight is 339 g/mol. The number of hydrogen-bond acceptors (Lipinski definition) is 4. The second kappa shape index (κ2) is 6.75. The van der Waals surface area contributed by atoms with Crippen LogP contribution in [0.1, 0.15) is 33.5 Å². The molecule has 0 aliphatic rings. The molecule has 6 heteroatoms. The molecule has 2 rings (SSSR count). The number of nitrogens with one attached hydrogen (secondary N) is 1. The number of rotatable bonds is 4. The maximum absolute atomic E-state index is 12.2. The molecule has 0 aliphatic heterocycles. The average Bonchev–Trinajstić information content (AvgIpc) is 2.90. The summed E-state index contributed by atoms with van der Waals surface area (Å²) in [6.45, 7) is 7.92. The second-order valence-electron chi connectivity index (χ2n) is 6.03. The Bertz CT molecular complexity index is 647. The van der Waals surface area contributed by atoms with Gasteiger partial charge in [0.1, 0.15) is 5.76 Å². The quantitative estimate of drug-likeness (QED) is 0.818. The van der Waals surface area contributed by atoms with Gasteiger partial charge in [-0.1, -0.05) is 37.5 Å². The van der Waals surface area contributed by atoms with Crippen molar-refractivity contribution in [2.45, 2.75) is 43.3 Å². The zero-order chi connectivity index (χ0) is 16.3. The number of carbonyl (C=O) groups is 1. The summed E-state index contributed by atoms with van der Waals surface area (Å²) in [5, 5.41) is 7.09. The summed E-state index contributed by atoms with van der Waals surface area (Å²) in [7, 11) is 0. The summed E-state index contributed by atoms with van der Waals surface area (Å²) in [5.41, 5.74) is -0.139. The van der Waals surface area contributed by atoms with Crippen LogP contribution in [0.4, 0.5) is 5.82 Å². The van der Waals surface area contributed by atoms with Crippen molar-refractivity contribution < 1.29 is 9.32 Å². The van der Waals surface area contributed by atoms with Gasteiger partial charge in [-0.3, -0.25) is 4.79 Å². The molecular weight excluding hydrogens is 320 g/mol. The van der Waals surface area contributed by atoms with Gasteiger partial charge in [0, 0.05) is 21.4 Å². The molecule has 1 aromatic heterocycles. The van der Waals surface area contributed by atoms with Crippen molar-refractivity contribution in [3.63, 3.8) is 0 Å². The van der Waals surface area contributed by atoms with Crippen molar-refractivity contribution in [2.75, 3.05) is 5.32 Å². The minimum atomic E-state index is -0.254. The molecule has 2 aromatic rings. The highest BCUT2D eigenvalue weighted by Crippen LogP contribution is 2.27. The van der Waals surface area contributed by atoms with Crippen LogP contribution in [0.5, 0.6) is 0 Å². The van der Waals surface area contributed by atoms with Crippen molar-refractivity contribution in [1.82, 2.24) is 5.16 Å². The van der Waals surface area contributed by atoms with Gasteiger partial charge in [0.25, 0.3) is 0 Å². The first-order chi connectivity index (χ1) is 10.3. The molecule has 22 heavy (non-hydrogen) atoms. The third kappa shape index (κ3) is 4.52. The first kappa shape index (κ1) is 16.9. The fourth-order valence-corrected chi connectivity index (χ4v) is 2.68. The Hall–Kier alpha value is -1.46. The zero-order valence-corrected chi connectivity index (χ0v) is 14.6. The minimum absolute atomic E-state index is 0.117. The monoisotopic (exact) mass is 338 g/mol. The Morgan fingerprint density at radius 2 is 1.95 bits per heavy atom. The van der Waals surface area contributed by atoms with E-state index in [9.17, 15) is 4.79 Å². The van der Waals surface area contributed by atoms with Crippen LogP contribution in [-0.2, 0) is 10.2 Å². The van der Waals surface area contributed by atoms with Crippen LogP contribution < -0.4 is 5.32 Å². The lowest BCUT2D eigenvalue weighted by Crippen LogP contribution is -2.22. The number of benzene rings is 1. The summed E-state index contributed by atoms with van der Waals surface area (Å²) >= 11 is 7.31. The van der Waals surface area contributed by atoms with Crippen LogP contribution in [0.25, 0.3) is 0 Å². The smallest absolute Gasteiger partial charge is 0.238 e. The molecule has 1 N–H and O–H groups in total. The van der Waals surface area contributed by atoms with E-state index >= 15 is 0 Å². The molecule has 1 unspecified atom stereocenters. The molecule has 1 amide bonds. The van der Waals surface area contributed by atoms with Crippen LogP contribution in [0.3, 0.4) is 0 Å². The molecule has 0 spiro atoms. The number of carbonyl (C=O) groups excluding carboxylic acids is 1. The predicted molar refractivity (Wildman–Crippen MR) is 90.6 cm³/mol. The highest BCUT2D eigenvalue weighted by Gasteiger charge is 2.21. The Morgan fingerprint density at radius 3 is 2.50 bits per heavy atom. The van der Waals surface area contributed by atoms with E-state index in [1.165, 1.54) is 11.8 Å². The van der Waals surface area contributed by atoms with Gasteiger partial charge >= 0.3 is 0 Å². The minimum Gasteiger partial charge on any atom is -0.359 e. The van der Waals surface area contributed by atoms with Gasteiger partial charge in [-0.05, 0) is 31.2 Å². The Balaban J connectivity index is 1.96. The number of thioether (sulfide) groups is 1. The number of hydrogen-bond donors (Lipinski definition) is 1. The first-order valence-electron chi connectivity index (χ1n) is 6.96. The molecule has 0 fully saturated rings. The fraction of sp³-hybridized carbons (Fsp3) is 0.375. The maximum Gasteiger partial charge on any atom is 0.238 e. The van der Waals surface area contributed by atoms with Crippen LogP contribution in [-0.4, -0.2) is 16.3 Å². The van der Waals surface area contributed by atoms with E-state index in [1.807, 2.05) is 52.0 Å². The Labute approximate surface area is 139 Å². The Morgan fingerprint density at radius 1 is 1.32 bits per heavy atom. The Kier molecular flexibility index (Phi) is 5.19. The largest absolute Gasteiger partial charge is 0.359 e. The molecule has 0 radical (unpaired) electrons. The third-order valence-corrected chi connectivity index (χ3v) is 4.36. The number of nitrogens with zero attached hydrogens (tertiary/aromatic N) is 1. The van der Waals surface area contributed by atoms with E-state index in [4.69, 9.17) is 16.1 Å². The summed E-state index contributed by atoms with van der Waals surface area (Å²) in [4.78, 5) is 13.2. The van der Waals surface area contributed by atoms with Gasteiger partial charge in [-0.2, -0.15) is 0 Å². The number of aromatic nitrogens is 1. The lowest BCUT2D eigenvalue weighted by Gasteiger charge is -2.12. The van der Waals surface area contributed by atoms with E-state index in [0.717, 1.165) is 10.7 Å². The molecule has 0 aliphatic carbocycles. The highest BCUT2D eigenvalue weighted by atomic mass is 35.5. The molecule has 0 bridgehead atoms. The van der Waals surface area contributed by atoms with E-state index in [2.05, 4.69) is 10.5 Å². The maximum atomic E-state index is 12.2. The van der Waals surface area contributed by atoms with E-state index in [-0.39, 0.29) is 16.6 Å². The van der Waals surface area contributed by atoms with Gasteiger partial charge in [0.05, 0.1) is 5.25 Å². The van der Waals surface area contributed by atoms with Crippen molar-refractivity contribution >= 4 is 35.1 Å². The molecule has 0 saturated heterocycles. The van der Waals surface area contributed by atoms with Crippen LogP contribution >= 0.6 is 23.4 Å². The first-order valence-corrected chi connectivity index (χ1v) is 8.22. The van der Waals surface area contributed by atoms with Crippen molar-refractivity contribution in [2.24, 2.45) is 0 Å². The summed E-state index contributed by atoms with van der Waals surface area (Å²) in [6, 6.07) is 9.16. The van der Waals surface area contributed by atoms with Crippen LogP contribution in [0, 0.1) is 0 Å². The van der Waals surface area contributed by atoms with Crippen LogP contribution in [0.15, 0.2) is 39.8 Å². The highest BCUT2D eigenvalue weighted by molar-refractivity contribution is 8.00. The SMILES string of the molecule is CC(Sc1ccc(Cl)cc1)C(=O)Nc1cc(C(C)(C)C)on1. The molecule has 1 atom stereocenters. The topological polar surface area (TPSA) is 55.1 Å². The predicted octanol–water partition coefficient (Wildman–Crippen LogP) is 4.74. The van der Waals surface area contributed by atoms with Gasteiger partial charge in [0.15, 0.2) is 5.82 Å². The van der Waals surface area contributed by atoms with Gasteiger partial charge in [-0.15, -0.1) is 11.8 Å². The lowest BCUT2D eigenvalue weighted by molar-refractivity contribution is -0.115. The normalized spacial score (nSPS) is 13.0. The van der Waals surface area contributed by atoms with Gasteiger partial charge in [0.2, 0.25) is 5.91 Å². The van der Waals surface area contributed by atoms with E-state index in [1.54, 1.807) is 6.07 Å².